The Kier molecular flexibility index (Phi) is 5.73. The van der Waals surface area contributed by atoms with Crippen LogP contribution in [0.4, 0.5) is 4.39 Å². The zero-order valence-electron chi connectivity index (χ0n) is 15.0. The van der Waals surface area contributed by atoms with Crippen molar-refractivity contribution in [2.75, 3.05) is 13.3 Å². The predicted molar refractivity (Wildman–Crippen MR) is 95.2 cm³/mol. The molecule has 1 amide bonds. The molecular formula is C20H24FN2O3+. The highest BCUT2D eigenvalue weighted by Crippen LogP contribution is 2.32. The summed E-state index contributed by atoms with van der Waals surface area (Å²) in [5.74, 6) is 1.46. The van der Waals surface area contributed by atoms with E-state index in [0.29, 0.717) is 24.8 Å². The van der Waals surface area contributed by atoms with Gasteiger partial charge in [0.15, 0.2) is 18.0 Å². The van der Waals surface area contributed by atoms with Crippen molar-refractivity contribution in [3.05, 3.63) is 59.4 Å². The Morgan fingerprint density at radius 3 is 2.62 bits per heavy atom. The van der Waals surface area contributed by atoms with Crippen molar-refractivity contribution >= 4 is 5.91 Å². The zero-order chi connectivity index (χ0) is 18.5. The molecule has 1 aliphatic rings. The Morgan fingerprint density at radius 2 is 1.88 bits per heavy atom. The molecule has 1 heterocycles. The molecule has 5 nitrogen and oxygen atoms in total. The number of hydrogen-bond donors (Lipinski definition) is 2. The molecule has 0 aromatic heterocycles. The number of nitrogens with one attached hydrogen (secondary N) is 1. The number of halogens is 1. The number of carbonyl (C=O) groups excluding carboxylic acids is 1. The zero-order valence-corrected chi connectivity index (χ0v) is 15.0. The average molecular weight is 359 g/mol. The second-order valence-electron chi connectivity index (χ2n) is 6.73. The largest absolute Gasteiger partial charge is 0.454 e. The molecule has 0 saturated heterocycles. The van der Waals surface area contributed by atoms with Crippen molar-refractivity contribution in [1.82, 2.24) is 5.32 Å². The predicted octanol–water partition coefficient (Wildman–Crippen LogP) is 2.13. The van der Waals surface area contributed by atoms with Gasteiger partial charge in [0.1, 0.15) is 11.9 Å². The lowest BCUT2D eigenvalue weighted by molar-refractivity contribution is -0.692. The molecule has 0 saturated carbocycles. The Balaban J connectivity index is 1.51. The van der Waals surface area contributed by atoms with Gasteiger partial charge in [0.05, 0.1) is 0 Å². The highest BCUT2D eigenvalue weighted by atomic mass is 19.1. The van der Waals surface area contributed by atoms with E-state index < -0.39 is 0 Å². The number of fused-ring (bicyclic) bond motifs is 1. The van der Waals surface area contributed by atoms with Gasteiger partial charge in [0.25, 0.3) is 5.91 Å². The van der Waals surface area contributed by atoms with Gasteiger partial charge in [0, 0.05) is 18.0 Å². The molecule has 6 heteroatoms. The average Bonchev–Trinajstić information content (AvgIpc) is 3.09. The lowest BCUT2D eigenvalue weighted by atomic mass is 9.96. The van der Waals surface area contributed by atoms with E-state index in [1.54, 1.807) is 12.1 Å². The van der Waals surface area contributed by atoms with E-state index in [1.165, 1.54) is 12.1 Å². The molecule has 2 aromatic carbocycles. The summed E-state index contributed by atoms with van der Waals surface area (Å²) in [7, 11) is 0. The molecule has 0 aliphatic carbocycles. The molecule has 0 bridgehead atoms. The molecule has 2 aromatic rings. The Bertz CT molecular complexity index is 762. The number of ether oxygens (including phenoxy) is 2. The smallest absolute Gasteiger partial charge is 0.275 e. The summed E-state index contributed by atoms with van der Waals surface area (Å²) < 4.78 is 23.7. The molecule has 26 heavy (non-hydrogen) atoms. The third kappa shape index (κ3) is 4.52. The summed E-state index contributed by atoms with van der Waals surface area (Å²) in [4.78, 5) is 12.2. The first-order valence-corrected chi connectivity index (χ1v) is 8.77. The SMILES string of the molecule is CC(C)[C@H]([NH2+]CC(=O)NCc1ccc2c(c1)OCO2)c1ccc(F)cc1. The summed E-state index contributed by atoms with van der Waals surface area (Å²) in [5.41, 5.74) is 1.98. The molecule has 0 spiro atoms. The van der Waals surface area contributed by atoms with Crippen molar-refractivity contribution in [2.24, 2.45) is 5.92 Å². The van der Waals surface area contributed by atoms with Crippen LogP contribution < -0.4 is 20.1 Å². The summed E-state index contributed by atoms with van der Waals surface area (Å²) >= 11 is 0. The van der Waals surface area contributed by atoms with Crippen LogP contribution in [0.15, 0.2) is 42.5 Å². The second-order valence-corrected chi connectivity index (χ2v) is 6.73. The highest BCUT2D eigenvalue weighted by molar-refractivity contribution is 5.76. The van der Waals surface area contributed by atoms with Crippen LogP contribution in [-0.2, 0) is 11.3 Å². The van der Waals surface area contributed by atoms with Crippen LogP contribution >= 0.6 is 0 Å². The first-order valence-electron chi connectivity index (χ1n) is 8.77. The molecule has 1 atom stereocenters. The standard InChI is InChI=1S/C20H23FN2O3/c1-13(2)20(15-4-6-16(21)7-5-15)23-11-19(24)22-10-14-3-8-17-18(9-14)26-12-25-17/h3-9,13,20,23H,10-12H2,1-2H3,(H,22,24)/p+1/t20-/m0/s1. The molecule has 0 radical (unpaired) electrons. The maximum atomic E-state index is 13.1. The van der Waals surface area contributed by atoms with Gasteiger partial charge in [-0.3, -0.25) is 4.79 Å². The van der Waals surface area contributed by atoms with Gasteiger partial charge in [-0.25, -0.2) is 4.39 Å². The van der Waals surface area contributed by atoms with Crippen LogP contribution in [0, 0.1) is 11.7 Å². The fourth-order valence-corrected chi connectivity index (χ4v) is 3.04. The minimum absolute atomic E-state index is 0.0459. The number of carbonyl (C=O) groups is 1. The minimum Gasteiger partial charge on any atom is -0.454 e. The lowest BCUT2D eigenvalue weighted by Gasteiger charge is -2.19. The van der Waals surface area contributed by atoms with Gasteiger partial charge < -0.3 is 20.1 Å². The third-order valence-corrected chi connectivity index (χ3v) is 4.46. The highest BCUT2D eigenvalue weighted by Gasteiger charge is 2.20. The fraction of sp³-hybridized carbons (Fsp3) is 0.350. The Morgan fingerprint density at radius 1 is 1.15 bits per heavy atom. The van der Waals surface area contributed by atoms with E-state index in [4.69, 9.17) is 9.47 Å². The molecule has 3 N–H and O–H groups in total. The normalized spacial score (nSPS) is 13.7. The number of quaternary nitrogens is 1. The van der Waals surface area contributed by atoms with Crippen molar-refractivity contribution < 1.29 is 24.0 Å². The number of rotatable bonds is 7. The molecule has 138 valence electrons. The summed E-state index contributed by atoms with van der Waals surface area (Å²) in [6, 6.07) is 12.2. The summed E-state index contributed by atoms with van der Waals surface area (Å²) in [6.07, 6.45) is 0. The van der Waals surface area contributed by atoms with Gasteiger partial charge >= 0.3 is 0 Å². The topological polar surface area (TPSA) is 64.2 Å². The maximum absolute atomic E-state index is 13.1. The van der Waals surface area contributed by atoms with E-state index in [-0.39, 0.29) is 24.6 Å². The van der Waals surface area contributed by atoms with Gasteiger partial charge in [-0.2, -0.15) is 0 Å². The Labute approximate surface area is 152 Å². The van der Waals surface area contributed by atoms with Crippen LogP contribution in [0.25, 0.3) is 0 Å². The lowest BCUT2D eigenvalue weighted by Crippen LogP contribution is -2.88. The van der Waals surface area contributed by atoms with Gasteiger partial charge in [-0.15, -0.1) is 0 Å². The van der Waals surface area contributed by atoms with E-state index in [1.807, 2.05) is 23.5 Å². The van der Waals surface area contributed by atoms with E-state index in [9.17, 15) is 9.18 Å². The third-order valence-electron chi connectivity index (χ3n) is 4.46. The van der Waals surface area contributed by atoms with Crippen LogP contribution in [-0.4, -0.2) is 19.2 Å². The first kappa shape index (κ1) is 18.2. The number of hydrogen-bond acceptors (Lipinski definition) is 3. The number of amides is 1. The molecular weight excluding hydrogens is 335 g/mol. The maximum Gasteiger partial charge on any atom is 0.275 e. The van der Waals surface area contributed by atoms with E-state index >= 15 is 0 Å². The van der Waals surface area contributed by atoms with Crippen LogP contribution in [0.2, 0.25) is 0 Å². The number of benzene rings is 2. The van der Waals surface area contributed by atoms with Crippen molar-refractivity contribution in [2.45, 2.75) is 26.4 Å². The van der Waals surface area contributed by atoms with E-state index in [0.717, 1.165) is 16.9 Å². The second kappa shape index (κ2) is 8.19. The molecule has 3 rings (SSSR count). The van der Waals surface area contributed by atoms with Gasteiger partial charge in [-0.05, 0) is 29.8 Å². The quantitative estimate of drug-likeness (QED) is 0.796. The first-order chi connectivity index (χ1) is 12.5. The van der Waals surface area contributed by atoms with Crippen molar-refractivity contribution in [3.63, 3.8) is 0 Å². The monoisotopic (exact) mass is 359 g/mol. The molecule has 1 aliphatic heterocycles. The molecule has 0 unspecified atom stereocenters. The van der Waals surface area contributed by atoms with Crippen molar-refractivity contribution in [3.8, 4) is 11.5 Å². The summed E-state index contributed by atoms with van der Waals surface area (Å²) in [5, 5.41) is 4.91. The van der Waals surface area contributed by atoms with Crippen LogP contribution in [0.1, 0.15) is 31.0 Å². The number of nitrogens with two attached hydrogens (primary N) is 1. The van der Waals surface area contributed by atoms with Crippen molar-refractivity contribution in [1.29, 1.82) is 0 Å². The fourth-order valence-electron chi connectivity index (χ4n) is 3.04. The molecule has 0 fully saturated rings. The Hall–Kier alpha value is -2.60. The van der Waals surface area contributed by atoms with Gasteiger partial charge in [-0.1, -0.05) is 32.0 Å². The van der Waals surface area contributed by atoms with Crippen LogP contribution in [0.3, 0.4) is 0 Å². The van der Waals surface area contributed by atoms with E-state index in [2.05, 4.69) is 19.2 Å². The van der Waals surface area contributed by atoms with Gasteiger partial charge in [0.2, 0.25) is 6.79 Å². The minimum atomic E-state index is -0.252. The summed E-state index contributed by atoms with van der Waals surface area (Å²) in [6.45, 7) is 5.17. The van der Waals surface area contributed by atoms with Crippen LogP contribution in [0.5, 0.6) is 11.5 Å².